The van der Waals surface area contributed by atoms with Crippen LogP contribution in [0.3, 0.4) is 0 Å². The SMILES string of the molecule is Cn1nc(-c2ccc(NC(=O)c3ccccc3-c3ccc([N+](=O)[O-])cc3)cc2)cc1NC(=O)c1ccccc1. The molecule has 0 bridgehead atoms. The maximum atomic E-state index is 13.1. The molecule has 5 aromatic rings. The van der Waals surface area contributed by atoms with Crippen LogP contribution in [0.2, 0.25) is 0 Å². The average Bonchev–Trinajstić information content (AvgIpc) is 3.33. The number of nitro benzene ring substituents is 1. The monoisotopic (exact) mass is 517 g/mol. The molecule has 39 heavy (non-hydrogen) atoms. The first-order valence-electron chi connectivity index (χ1n) is 12.0. The molecule has 9 nitrogen and oxygen atoms in total. The van der Waals surface area contributed by atoms with Gasteiger partial charge in [-0.05, 0) is 53.6 Å². The summed E-state index contributed by atoms with van der Waals surface area (Å²) in [6.45, 7) is 0. The molecule has 0 saturated heterocycles. The number of benzene rings is 4. The number of rotatable bonds is 7. The second-order valence-electron chi connectivity index (χ2n) is 8.74. The zero-order chi connectivity index (χ0) is 27.4. The Balaban J connectivity index is 1.30. The molecule has 0 aliphatic rings. The number of carbonyl (C=O) groups is 2. The third kappa shape index (κ3) is 5.57. The molecule has 0 fully saturated rings. The Bertz CT molecular complexity index is 1660. The summed E-state index contributed by atoms with van der Waals surface area (Å²) >= 11 is 0. The highest BCUT2D eigenvalue weighted by Gasteiger charge is 2.15. The lowest BCUT2D eigenvalue weighted by atomic mass is 9.99. The van der Waals surface area contributed by atoms with Crippen molar-refractivity contribution in [2.45, 2.75) is 0 Å². The van der Waals surface area contributed by atoms with Crippen LogP contribution in [-0.2, 0) is 7.05 Å². The van der Waals surface area contributed by atoms with E-state index in [0.29, 0.717) is 39.5 Å². The molecule has 9 heteroatoms. The maximum absolute atomic E-state index is 13.1. The molecule has 0 aliphatic carbocycles. The second-order valence-corrected chi connectivity index (χ2v) is 8.74. The summed E-state index contributed by atoms with van der Waals surface area (Å²) in [6, 6.07) is 31.1. The number of hydrogen-bond acceptors (Lipinski definition) is 5. The topological polar surface area (TPSA) is 119 Å². The highest BCUT2D eigenvalue weighted by molar-refractivity contribution is 6.09. The van der Waals surface area contributed by atoms with Gasteiger partial charge >= 0.3 is 0 Å². The first-order valence-corrected chi connectivity index (χ1v) is 12.0. The van der Waals surface area contributed by atoms with Crippen LogP contribution in [-0.4, -0.2) is 26.5 Å². The molecule has 0 atom stereocenters. The van der Waals surface area contributed by atoms with Crippen molar-refractivity contribution in [3.63, 3.8) is 0 Å². The van der Waals surface area contributed by atoms with E-state index < -0.39 is 4.92 Å². The van der Waals surface area contributed by atoms with Gasteiger partial charge in [0.15, 0.2) is 0 Å². The van der Waals surface area contributed by atoms with E-state index in [4.69, 9.17) is 0 Å². The lowest BCUT2D eigenvalue weighted by Crippen LogP contribution is -2.14. The molecular weight excluding hydrogens is 494 g/mol. The molecule has 0 aliphatic heterocycles. The van der Waals surface area contributed by atoms with Crippen molar-refractivity contribution in [3.05, 3.63) is 130 Å². The van der Waals surface area contributed by atoms with Gasteiger partial charge in [0.2, 0.25) is 0 Å². The molecular formula is C30H23N5O4. The van der Waals surface area contributed by atoms with Gasteiger partial charge in [-0.1, -0.05) is 48.5 Å². The van der Waals surface area contributed by atoms with E-state index in [-0.39, 0.29) is 17.5 Å². The third-order valence-electron chi connectivity index (χ3n) is 6.16. The number of amides is 2. The summed E-state index contributed by atoms with van der Waals surface area (Å²) in [4.78, 5) is 36.2. The predicted octanol–water partition coefficient (Wildman–Crippen LogP) is 6.17. The van der Waals surface area contributed by atoms with Crippen LogP contribution in [0.25, 0.3) is 22.4 Å². The van der Waals surface area contributed by atoms with Gasteiger partial charge in [0.1, 0.15) is 5.82 Å². The third-order valence-corrected chi connectivity index (χ3v) is 6.16. The van der Waals surface area contributed by atoms with Gasteiger partial charge in [0.25, 0.3) is 17.5 Å². The minimum Gasteiger partial charge on any atom is -0.322 e. The minimum absolute atomic E-state index is 0.0145. The molecule has 1 heterocycles. The number of nitrogens with zero attached hydrogens (tertiary/aromatic N) is 3. The number of aryl methyl sites for hydroxylation is 1. The number of aromatic nitrogens is 2. The van der Waals surface area contributed by atoms with Crippen LogP contribution in [0.15, 0.2) is 109 Å². The highest BCUT2D eigenvalue weighted by Crippen LogP contribution is 2.28. The van der Waals surface area contributed by atoms with E-state index in [0.717, 1.165) is 5.56 Å². The Hall–Kier alpha value is -5.57. The first kappa shape index (κ1) is 25.1. The lowest BCUT2D eigenvalue weighted by Gasteiger charge is -2.11. The molecule has 4 aromatic carbocycles. The van der Waals surface area contributed by atoms with Gasteiger partial charge in [0.05, 0.1) is 10.6 Å². The molecule has 0 saturated carbocycles. The van der Waals surface area contributed by atoms with E-state index >= 15 is 0 Å². The van der Waals surface area contributed by atoms with Crippen molar-refractivity contribution < 1.29 is 14.5 Å². The van der Waals surface area contributed by atoms with E-state index in [9.17, 15) is 19.7 Å². The van der Waals surface area contributed by atoms with Crippen molar-refractivity contribution >= 4 is 29.0 Å². The molecule has 5 rings (SSSR count). The molecule has 2 N–H and O–H groups in total. The summed E-state index contributed by atoms with van der Waals surface area (Å²) in [5.41, 5.74) is 4.43. The zero-order valence-electron chi connectivity index (χ0n) is 20.9. The Morgan fingerprint density at radius 1 is 0.769 bits per heavy atom. The van der Waals surface area contributed by atoms with Gasteiger partial charge in [0, 0.05) is 47.6 Å². The van der Waals surface area contributed by atoms with E-state index in [1.54, 1.807) is 84.5 Å². The van der Waals surface area contributed by atoms with Crippen molar-refractivity contribution in [1.29, 1.82) is 0 Å². The van der Waals surface area contributed by atoms with Crippen LogP contribution >= 0.6 is 0 Å². The second kappa shape index (κ2) is 10.8. The fraction of sp³-hybridized carbons (Fsp3) is 0.0333. The van der Waals surface area contributed by atoms with E-state index in [2.05, 4.69) is 15.7 Å². The summed E-state index contributed by atoms with van der Waals surface area (Å²) in [6.07, 6.45) is 0. The smallest absolute Gasteiger partial charge is 0.269 e. The number of hydrogen-bond donors (Lipinski definition) is 2. The standard InChI is InChI=1S/C30H23N5O4/c1-34-28(32-29(36)22-7-3-2-4-8-22)19-27(33-34)21-11-15-23(16-12-21)31-30(37)26-10-6-5-9-25(26)20-13-17-24(18-14-20)35(38)39/h2-19H,1H3,(H,31,37)(H,32,36). The number of nitro groups is 1. The van der Waals surface area contributed by atoms with Crippen molar-refractivity contribution in [1.82, 2.24) is 9.78 Å². The largest absolute Gasteiger partial charge is 0.322 e. The summed E-state index contributed by atoms with van der Waals surface area (Å²) in [7, 11) is 1.75. The normalized spacial score (nSPS) is 10.6. The Kier molecular flexibility index (Phi) is 6.96. The first-order chi connectivity index (χ1) is 18.9. The average molecular weight is 518 g/mol. The van der Waals surface area contributed by atoms with Gasteiger partial charge in [-0.3, -0.25) is 24.4 Å². The van der Waals surface area contributed by atoms with Crippen LogP contribution in [0, 0.1) is 10.1 Å². The van der Waals surface area contributed by atoms with Crippen LogP contribution in [0.5, 0.6) is 0 Å². The lowest BCUT2D eigenvalue weighted by molar-refractivity contribution is -0.384. The van der Waals surface area contributed by atoms with E-state index in [1.165, 1.54) is 12.1 Å². The minimum atomic E-state index is -0.460. The summed E-state index contributed by atoms with van der Waals surface area (Å²) in [5, 5.41) is 21.3. The molecule has 0 spiro atoms. The fourth-order valence-electron chi connectivity index (χ4n) is 4.12. The Morgan fingerprint density at radius 3 is 2.10 bits per heavy atom. The van der Waals surface area contributed by atoms with Gasteiger partial charge in [-0.15, -0.1) is 0 Å². The maximum Gasteiger partial charge on any atom is 0.269 e. The molecule has 192 valence electrons. The van der Waals surface area contributed by atoms with Crippen LogP contribution in [0.4, 0.5) is 17.2 Å². The summed E-state index contributed by atoms with van der Waals surface area (Å²) < 4.78 is 1.60. The van der Waals surface area contributed by atoms with Gasteiger partial charge in [-0.25, -0.2) is 0 Å². The van der Waals surface area contributed by atoms with Gasteiger partial charge < -0.3 is 10.6 Å². The van der Waals surface area contributed by atoms with Crippen LogP contribution in [0.1, 0.15) is 20.7 Å². The predicted molar refractivity (Wildman–Crippen MR) is 150 cm³/mol. The number of anilines is 2. The molecule has 0 unspecified atom stereocenters. The zero-order valence-corrected chi connectivity index (χ0v) is 20.9. The number of nitrogens with one attached hydrogen (secondary N) is 2. The molecule has 1 aromatic heterocycles. The van der Waals surface area contributed by atoms with Crippen molar-refractivity contribution in [2.24, 2.45) is 7.05 Å². The summed E-state index contributed by atoms with van der Waals surface area (Å²) in [5.74, 6) is 0.0248. The van der Waals surface area contributed by atoms with Crippen molar-refractivity contribution in [3.8, 4) is 22.4 Å². The van der Waals surface area contributed by atoms with Crippen LogP contribution < -0.4 is 10.6 Å². The quantitative estimate of drug-likeness (QED) is 0.198. The Morgan fingerprint density at radius 2 is 1.41 bits per heavy atom. The highest BCUT2D eigenvalue weighted by atomic mass is 16.6. The number of non-ortho nitro benzene ring substituents is 1. The van der Waals surface area contributed by atoms with Crippen molar-refractivity contribution in [2.75, 3.05) is 10.6 Å². The molecule has 0 radical (unpaired) electrons. The molecule has 2 amide bonds. The number of carbonyl (C=O) groups excluding carboxylic acids is 2. The fourth-order valence-corrected chi connectivity index (χ4v) is 4.12. The Labute approximate surface area is 223 Å². The van der Waals surface area contributed by atoms with E-state index in [1.807, 2.05) is 24.3 Å². The van der Waals surface area contributed by atoms with Gasteiger partial charge in [-0.2, -0.15) is 5.10 Å².